The molecule has 0 radical (unpaired) electrons. The van der Waals surface area contributed by atoms with Gasteiger partial charge in [-0.15, -0.1) is 11.3 Å². The van der Waals surface area contributed by atoms with Crippen LogP contribution in [0.5, 0.6) is 0 Å². The number of thiophene rings is 1. The van der Waals surface area contributed by atoms with Gasteiger partial charge in [0.25, 0.3) is 0 Å². The smallest absolute Gasteiger partial charge is 0.242 e. The largest absolute Gasteiger partial charge is 0.340 e. The van der Waals surface area contributed by atoms with Crippen LogP contribution in [0.2, 0.25) is 0 Å². The van der Waals surface area contributed by atoms with Crippen LogP contribution >= 0.6 is 11.3 Å². The molecule has 9 heteroatoms. The van der Waals surface area contributed by atoms with E-state index in [-0.39, 0.29) is 18.4 Å². The molecule has 1 aromatic carbocycles. The average Bonchev–Trinajstić information content (AvgIpc) is 3.35. The SMILES string of the molecule is C=S(=O)(c1cc2ccccc2s1)N(C)[C@H]1CCCN(CC(=O)N(CCCC)CCN2CCCCC2)C1=O. The lowest BCUT2D eigenvalue weighted by Crippen LogP contribution is -2.55. The average molecular weight is 547 g/mol. The summed E-state index contributed by atoms with van der Waals surface area (Å²) in [5, 5.41) is 1.03. The number of amides is 2. The van der Waals surface area contributed by atoms with Crippen molar-refractivity contribution in [3.8, 4) is 0 Å². The molecule has 37 heavy (non-hydrogen) atoms. The fourth-order valence-corrected chi connectivity index (χ4v) is 8.43. The van der Waals surface area contributed by atoms with Crippen LogP contribution in [0.4, 0.5) is 0 Å². The number of nitrogens with zero attached hydrogens (tertiary/aromatic N) is 4. The Labute approximate surface area is 226 Å². The quantitative estimate of drug-likeness (QED) is 0.401. The third kappa shape index (κ3) is 6.74. The van der Waals surface area contributed by atoms with Crippen molar-refractivity contribution in [3.05, 3.63) is 30.3 Å². The summed E-state index contributed by atoms with van der Waals surface area (Å²) in [6.45, 7) is 7.34. The highest BCUT2D eigenvalue weighted by molar-refractivity contribution is 8.00. The fourth-order valence-electron chi connectivity index (χ4n) is 5.29. The number of benzene rings is 1. The highest BCUT2D eigenvalue weighted by Crippen LogP contribution is 2.32. The van der Waals surface area contributed by atoms with Crippen LogP contribution in [-0.4, -0.2) is 99.8 Å². The summed E-state index contributed by atoms with van der Waals surface area (Å²) < 4.78 is 17.3. The molecule has 3 heterocycles. The van der Waals surface area contributed by atoms with Gasteiger partial charge in [-0.1, -0.05) is 38.0 Å². The topological polar surface area (TPSA) is 64.2 Å². The van der Waals surface area contributed by atoms with Crippen LogP contribution in [0.3, 0.4) is 0 Å². The molecule has 0 spiro atoms. The lowest BCUT2D eigenvalue weighted by Gasteiger charge is -2.38. The van der Waals surface area contributed by atoms with Gasteiger partial charge in [-0.05, 0) is 68.6 Å². The van der Waals surface area contributed by atoms with E-state index in [1.54, 1.807) is 16.3 Å². The number of likely N-dealkylation sites (tertiary alicyclic amines) is 2. The molecule has 4 rings (SSSR count). The number of hydrogen-bond donors (Lipinski definition) is 0. The van der Waals surface area contributed by atoms with E-state index >= 15 is 0 Å². The van der Waals surface area contributed by atoms with Gasteiger partial charge in [0.05, 0.1) is 20.5 Å². The summed E-state index contributed by atoms with van der Waals surface area (Å²) in [7, 11) is -1.10. The molecule has 2 aliphatic heterocycles. The van der Waals surface area contributed by atoms with Crippen molar-refractivity contribution in [3.63, 3.8) is 0 Å². The Balaban J connectivity index is 1.41. The van der Waals surface area contributed by atoms with Crippen molar-refractivity contribution >= 4 is 48.8 Å². The van der Waals surface area contributed by atoms with Crippen LogP contribution in [0.1, 0.15) is 51.9 Å². The molecule has 2 aliphatic rings. The summed E-state index contributed by atoms with van der Waals surface area (Å²) in [4.78, 5) is 33.0. The van der Waals surface area contributed by atoms with E-state index in [0.717, 1.165) is 55.5 Å². The minimum Gasteiger partial charge on any atom is -0.340 e. The summed E-state index contributed by atoms with van der Waals surface area (Å²) in [6, 6.07) is 9.31. The van der Waals surface area contributed by atoms with Gasteiger partial charge >= 0.3 is 0 Å². The maximum absolute atomic E-state index is 13.9. The second kappa shape index (κ2) is 12.7. The van der Waals surface area contributed by atoms with E-state index in [4.69, 9.17) is 0 Å². The standard InChI is InChI=1S/C28H42N4O3S2/c1-4-5-17-31(20-19-30-15-9-6-10-16-30)26(33)22-32-18-11-13-24(28(32)34)29(2)37(3,35)27-21-23-12-7-8-14-25(23)36-27/h7-8,12,14,21,24H,3-6,9-11,13,15-20,22H2,1-2H3/t24-,37?/m0/s1. The number of carbonyl (C=O) groups is 2. The zero-order valence-corrected chi connectivity index (χ0v) is 24.0. The molecule has 0 bridgehead atoms. The summed E-state index contributed by atoms with van der Waals surface area (Å²) >= 11 is 1.47. The minimum atomic E-state index is -2.83. The number of piperidine rings is 2. The van der Waals surface area contributed by atoms with Gasteiger partial charge in [0.2, 0.25) is 11.8 Å². The van der Waals surface area contributed by atoms with E-state index in [1.165, 1.54) is 30.6 Å². The van der Waals surface area contributed by atoms with Crippen LogP contribution in [0.25, 0.3) is 10.1 Å². The molecule has 204 valence electrons. The lowest BCUT2D eigenvalue weighted by molar-refractivity contribution is -0.144. The molecule has 1 unspecified atom stereocenters. The van der Waals surface area contributed by atoms with Crippen LogP contribution in [0.15, 0.2) is 34.5 Å². The van der Waals surface area contributed by atoms with Crippen molar-refractivity contribution in [2.75, 3.05) is 52.9 Å². The molecular weight excluding hydrogens is 504 g/mol. The minimum absolute atomic E-state index is 0.0157. The fraction of sp³-hybridized carbons (Fsp3) is 0.607. The predicted molar refractivity (Wildman–Crippen MR) is 154 cm³/mol. The van der Waals surface area contributed by atoms with E-state index in [9.17, 15) is 13.8 Å². The molecule has 2 aromatic rings. The zero-order chi connectivity index (χ0) is 26.4. The first-order valence-electron chi connectivity index (χ1n) is 13.7. The predicted octanol–water partition coefficient (Wildman–Crippen LogP) is 3.93. The Morgan fingerprint density at radius 2 is 1.89 bits per heavy atom. The first-order chi connectivity index (χ1) is 17.8. The number of carbonyl (C=O) groups excluding carboxylic acids is 2. The Morgan fingerprint density at radius 3 is 2.62 bits per heavy atom. The van der Waals surface area contributed by atoms with Crippen LogP contribution in [0, 0.1) is 0 Å². The molecule has 1 aromatic heterocycles. The normalized spacial score (nSPS) is 20.9. The van der Waals surface area contributed by atoms with Gasteiger partial charge in [0, 0.05) is 37.9 Å². The second-order valence-corrected chi connectivity index (χ2v) is 14.0. The molecule has 0 aliphatic carbocycles. The van der Waals surface area contributed by atoms with Gasteiger partial charge in [0.15, 0.2) is 0 Å². The molecule has 0 saturated carbocycles. The van der Waals surface area contributed by atoms with Gasteiger partial charge in [0.1, 0.15) is 6.04 Å². The lowest BCUT2D eigenvalue weighted by atomic mass is 10.0. The molecular formula is C28H42N4O3S2. The third-order valence-electron chi connectivity index (χ3n) is 7.72. The van der Waals surface area contributed by atoms with Gasteiger partial charge in [-0.25, -0.2) is 8.51 Å². The monoisotopic (exact) mass is 546 g/mol. The maximum Gasteiger partial charge on any atom is 0.242 e. The van der Waals surface area contributed by atoms with E-state index in [0.29, 0.717) is 23.7 Å². The van der Waals surface area contributed by atoms with Crippen molar-refractivity contribution in [1.29, 1.82) is 0 Å². The molecule has 2 atom stereocenters. The summed E-state index contributed by atoms with van der Waals surface area (Å²) in [5.74, 6) is 3.97. The van der Waals surface area contributed by atoms with E-state index in [1.807, 2.05) is 35.2 Å². The molecule has 2 fully saturated rings. The van der Waals surface area contributed by atoms with Gasteiger partial charge < -0.3 is 14.7 Å². The Morgan fingerprint density at radius 1 is 1.14 bits per heavy atom. The summed E-state index contributed by atoms with van der Waals surface area (Å²) in [6.07, 6.45) is 7.14. The Hall–Kier alpha value is -1.94. The van der Waals surface area contributed by atoms with Crippen molar-refractivity contribution in [1.82, 2.24) is 19.0 Å². The molecule has 2 amide bonds. The number of rotatable bonds is 11. The number of likely N-dealkylation sites (N-methyl/N-ethyl adjacent to an activating group) is 1. The second-order valence-electron chi connectivity index (χ2n) is 10.3. The number of fused-ring (bicyclic) bond motifs is 1. The van der Waals surface area contributed by atoms with Crippen LogP contribution < -0.4 is 0 Å². The number of unbranched alkanes of at least 4 members (excludes halogenated alkanes) is 1. The van der Waals surface area contributed by atoms with E-state index in [2.05, 4.69) is 17.7 Å². The maximum atomic E-state index is 13.9. The van der Waals surface area contributed by atoms with Crippen molar-refractivity contribution in [2.24, 2.45) is 0 Å². The van der Waals surface area contributed by atoms with Crippen molar-refractivity contribution < 1.29 is 13.8 Å². The van der Waals surface area contributed by atoms with Gasteiger partial charge in [-0.3, -0.25) is 9.59 Å². The Kier molecular flexibility index (Phi) is 9.67. The summed E-state index contributed by atoms with van der Waals surface area (Å²) in [5.41, 5.74) is 0. The first kappa shape index (κ1) is 28.1. The molecule has 7 nitrogen and oxygen atoms in total. The molecule has 0 N–H and O–H groups in total. The van der Waals surface area contributed by atoms with E-state index < -0.39 is 15.7 Å². The van der Waals surface area contributed by atoms with Crippen LogP contribution in [-0.2, 0) is 19.3 Å². The number of hydrogen-bond acceptors (Lipinski definition) is 5. The highest BCUT2D eigenvalue weighted by atomic mass is 32.2. The van der Waals surface area contributed by atoms with Crippen molar-refractivity contribution in [2.45, 2.75) is 62.1 Å². The van der Waals surface area contributed by atoms with Gasteiger partial charge in [-0.2, -0.15) is 0 Å². The highest BCUT2D eigenvalue weighted by Gasteiger charge is 2.37. The third-order valence-corrected chi connectivity index (χ3v) is 11.6. The first-order valence-corrected chi connectivity index (χ1v) is 16.2. The zero-order valence-electron chi connectivity index (χ0n) is 22.4. The Bertz CT molecular complexity index is 1140. The molecule has 2 saturated heterocycles.